The number of alkyl halides is 3. The van der Waals surface area contributed by atoms with Crippen molar-refractivity contribution in [2.24, 2.45) is 0 Å². The van der Waals surface area contributed by atoms with Crippen molar-refractivity contribution in [3.05, 3.63) is 47.3 Å². The standard InChI is InChI=1S/C21H25F3N4O2/c1-13(2)28-18(21(22,23)24)17(12-25-28)19(29)26-16-9-7-15(8-10-16)20(30)27-11-5-4-6-14(27)3/h7-10,12-14H,4-6,11H2,1-3H3,(H,26,29). The Hall–Kier alpha value is -2.84. The molecule has 6 nitrogen and oxygen atoms in total. The quantitative estimate of drug-likeness (QED) is 0.773. The number of piperidine rings is 1. The summed E-state index contributed by atoms with van der Waals surface area (Å²) in [4.78, 5) is 27.0. The fourth-order valence-electron chi connectivity index (χ4n) is 3.66. The molecule has 1 fully saturated rings. The molecule has 1 aromatic heterocycles. The van der Waals surface area contributed by atoms with Gasteiger partial charge in [0.1, 0.15) is 0 Å². The van der Waals surface area contributed by atoms with Gasteiger partial charge in [-0.15, -0.1) is 0 Å². The first kappa shape index (κ1) is 21.9. The highest BCUT2D eigenvalue weighted by Gasteiger charge is 2.40. The third-order valence-corrected chi connectivity index (χ3v) is 5.25. The molecule has 30 heavy (non-hydrogen) atoms. The fraction of sp³-hybridized carbons (Fsp3) is 0.476. The zero-order chi connectivity index (χ0) is 22.1. The third-order valence-electron chi connectivity index (χ3n) is 5.25. The van der Waals surface area contributed by atoms with Crippen LogP contribution in [0, 0.1) is 0 Å². The van der Waals surface area contributed by atoms with E-state index in [9.17, 15) is 22.8 Å². The molecule has 1 unspecified atom stereocenters. The van der Waals surface area contributed by atoms with Gasteiger partial charge in [0.2, 0.25) is 0 Å². The monoisotopic (exact) mass is 422 g/mol. The summed E-state index contributed by atoms with van der Waals surface area (Å²) in [7, 11) is 0. The topological polar surface area (TPSA) is 67.2 Å². The Balaban J connectivity index is 1.76. The summed E-state index contributed by atoms with van der Waals surface area (Å²) in [6, 6.07) is 5.79. The van der Waals surface area contributed by atoms with Crippen LogP contribution in [-0.4, -0.2) is 39.1 Å². The average Bonchev–Trinajstić information content (AvgIpc) is 3.15. The lowest BCUT2D eigenvalue weighted by Gasteiger charge is -2.33. The number of halogens is 3. The predicted molar refractivity (Wildman–Crippen MR) is 106 cm³/mol. The normalized spacial score (nSPS) is 17.3. The minimum Gasteiger partial charge on any atom is -0.336 e. The Morgan fingerprint density at radius 1 is 1.17 bits per heavy atom. The first-order chi connectivity index (χ1) is 14.1. The number of benzene rings is 1. The van der Waals surface area contributed by atoms with Crippen LogP contribution in [0.5, 0.6) is 0 Å². The SMILES string of the molecule is CC1CCCCN1C(=O)c1ccc(NC(=O)c2cnn(C(C)C)c2C(F)(F)F)cc1. The van der Waals surface area contributed by atoms with E-state index in [2.05, 4.69) is 10.4 Å². The second-order valence-electron chi connectivity index (χ2n) is 7.82. The number of carbonyl (C=O) groups is 2. The van der Waals surface area contributed by atoms with Gasteiger partial charge in [-0.2, -0.15) is 18.3 Å². The van der Waals surface area contributed by atoms with Crippen LogP contribution in [0.25, 0.3) is 0 Å². The molecule has 1 atom stereocenters. The molecule has 0 aliphatic carbocycles. The van der Waals surface area contributed by atoms with Gasteiger partial charge in [-0.3, -0.25) is 14.3 Å². The van der Waals surface area contributed by atoms with Gasteiger partial charge >= 0.3 is 6.18 Å². The number of rotatable bonds is 4. The number of likely N-dealkylation sites (tertiary alicyclic amines) is 1. The average molecular weight is 422 g/mol. The first-order valence-electron chi connectivity index (χ1n) is 9.96. The van der Waals surface area contributed by atoms with Crippen molar-refractivity contribution in [1.29, 1.82) is 0 Å². The fourth-order valence-corrected chi connectivity index (χ4v) is 3.66. The van der Waals surface area contributed by atoms with Crippen molar-refractivity contribution in [2.75, 3.05) is 11.9 Å². The summed E-state index contributed by atoms with van der Waals surface area (Å²) in [5, 5.41) is 6.19. The minimum absolute atomic E-state index is 0.0855. The van der Waals surface area contributed by atoms with Gasteiger partial charge in [-0.1, -0.05) is 0 Å². The summed E-state index contributed by atoms with van der Waals surface area (Å²) >= 11 is 0. The Kier molecular flexibility index (Phi) is 6.19. The molecule has 1 aromatic carbocycles. The molecule has 3 rings (SSSR count). The van der Waals surface area contributed by atoms with E-state index in [1.165, 1.54) is 12.1 Å². The highest BCUT2D eigenvalue weighted by atomic mass is 19.4. The van der Waals surface area contributed by atoms with Gasteiger partial charge in [0.05, 0.1) is 11.8 Å². The maximum Gasteiger partial charge on any atom is 0.433 e. The van der Waals surface area contributed by atoms with E-state index in [1.807, 2.05) is 11.8 Å². The zero-order valence-corrected chi connectivity index (χ0v) is 17.2. The molecule has 1 saturated heterocycles. The molecule has 0 bridgehead atoms. The highest BCUT2D eigenvalue weighted by Crippen LogP contribution is 2.34. The van der Waals surface area contributed by atoms with Crippen LogP contribution >= 0.6 is 0 Å². The smallest absolute Gasteiger partial charge is 0.336 e. The van der Waals surface area contributed by atoms with Gasteiger partial charge < -0.3 is 10.2 Å². The Bertz CT molecular complexity index is 919. The van der Waals surface area contributed by atoms with Crippen LogP contribution in [0.15, 0.2) is 30.5 Å². The van der Waals surface area contributed by atoms with Crippen LogP contribution in [0.4, 0.5) is 18.9 Å². The molecule has 0 radical (unpaired) electrons. The number of nitrogens with one attached hydrogen (secondary N) is 1. The Morgan fingerprint density at radius 2 is 1.83 bits per heavy atom. The van der Waals surface area contributed by atoms with Crippen molar-refractivity contribution in [1.82, 2.24) is 14.7 Å². The number of hydrogen-bond donors (Lipinski definition) is 1. The molecule has 2 amide bonds. The summed E-state index contributed by atoms with van der Waals surface area (Å²) in [5.74, 6) is -0.990. The van der Waals surface area contributed by atoms with Crippen molar-refractivity contribution in [3.8, 4) is 0 Å². The minimum atomic E-state index is -4.71. The molecule has 2 heterocycles. The molecular weight excluding hydrogens is 397 g/mol. The number of nitrogens with zero attached hydrogens (tertiary/aromatic N) is 3. The molecule has 9 heteroatoms. The lowest BCUT2D eigenvalue weighted by atomic mass is 10.0. The molecule has 162 valence electrons. The molecule has 0 saturated carbocycles. The Morgan fingerprint density at radius 3 is 2.40 bits per heavy atom. The van der Waals surface area contributed by atoms with E-state index in [-0.39, 0.29) is 11.9 Å². The lowest BCUT2D eigenvalue weighted by molar-refractivity contribution is -0.145. The van der Waals surface area contributed by atoms with E-state index in [0.717, 1.165) is 30.1 Å². The summed E-state index contributed by atoms with van der Waals surface area (Å²) in [6.45, 7) is 5.84. The molecule has 1 aliphatic heterocycles. The zero-order valence-electron chi connectivity index (χ0n) is 17.2. The van der Waals surface area contributed by atoms with Crippen molar-refractivity contribution < 1.29 is 22.8 Å². The maximum atomic E-state index is 13.5. The van der Waals surface area contributed by atoms with E-state index in [0.29, 0.717) is 17.8 Å². The Labute approximate surface area is 173 Å². The summed E-state index contributed by atoms with van der Waals surface area (Å²) in [5.41, 5.74) is -0.849. The number of amides is 2. The van der Waals surface area contributed by atoms with Crippen molar-refractivity contribution in [3.63, 3.8) is 0 Å². The van der Waals surface area contributed by atoms with Crippen LogP contribution < -0.4 is 5.32 Å². The predicted octanol–water partition coefficient (Wildman–Crippen LogP) is 4.75. The van der Waals surface area contributed by atoms with Gasteiger partial charge in [0.25, 0.3) is 11.8 Å². The number of carbonyl (C=O) groups excluding carboxylic acids is 2. The van der Waals surface area contributed by atoms with E-state index >= 15 is 0 Å². The van der Waals surface area contributed by atoms with E-state index < -0.39 is 29.4 Å². The molecule has 0 spiro atoms. The molecule has 1 aliphatic rings. The largest absolute Gasteiger partial charge is 0.433 e. The van der Waals surface area contributed by atoms with E-state index in [1.54, 1.807) is 26.0 Å². The van der Waals surface area contributed by atoms with Gasteiger partial charge in [-0.25, -0.2) is 0 Å². The number of hydrogen-bond acceptors (Lipinski definition) is 3. The first-order valence-corrected chi connectivity index (χ1v) is 9.96. The van der Waals surface area contributed by atoms with Crippen LogP contribution in [-0.2, 0) is 6.18 Å². The lowest BCUT2D eigenvalue weighted by Crippen LogP contribution is -2.42. The van der Waals surface area contributed by atoms with Gasteiger partial charge in [0.15, 0.2) is 5.69 Å². The molecular formula is C21H25F3N4O2. The summed E-state index contributed by atoms with van der Waals surface area (Å²) < 4.78 is 41.2. The second kappa shape index (κ2) is 8.49. The second-order valence-corrected chi connectivity index (χ2v) is 7.82. The number of anilines is 1. The maximum absolute atomic E-state index is 13.5. The van der Waals surface area contributed by atoms with E-state index in [4.69, 9.17) is 0 Å². The molecule has 2 aromatic rings. The van der Waals surface area contributed by atoms with Gasteiger partial charge in [0, 0.05) is 29.9 Å². The van der Waals surface area contributed by atoms with Gasteiger partial charge in [-0.05, 0) is 64.3 Å². The molecule has 1 N–H and O–H groups in total. The van der Waals surface area contributed by atoms with Crippen LogP contribution in [0.1, 0.15) is 72.5 Å². The highest BCUT2D eigenvalue weighted by molar-refractivity contribution is 6.05. The summed E-state index contributed by atoms with van der Waals surface area (Å²) in [6.07, 6.45) is -0.757. The van der Waals surface area contributed by atoms with Crippen molar-refractivity contribution >= 4 is 17.5 Å². The van der Waals surface area contributed by atoms with Crippen LogP contribution in [0.2, 0.25) is 0 Å². The third kappa shape index (κ3) is 4.49. The van der Waals surface area contributed by atoms with Crippen molar-refractivity contribution in [2.45, 2.75) is 58.3 Å². The number of aromatic nitrogens is 2. The van der Waals surface area contributed by atoms with Crippen LogP contribution in [0.3, 0.4) is 0 Å².